The van der Waals surface area contributed by atoms with Gasteiger partial charge in [-0.3, -0.25) is 4.79 Å². The summed E-state index contributed by atoms with van der Waals surface area (Å²) in [7, 11) is 0. The number of hydrogen-bond donors (Lipinski definition) is 0. The summed E-state index contributed by atoms with van der Waals surface area (Å²) in [6, 6.07) is 2.12. The summed E-state index contributed by atoms with van der Waals surface area (Å²) >= 11 is 2.97. The fraction of sp³-hybridized carbons (Fsp3) is 0.500. The SMILES string of the molecule is Cc1ccsc1CCC(=O)N1CCN(c2cnsn2)CC1. The highest BCUT2D eigenvalue weighted by molar-refractivity contribution is 7.10. The van der Waals surface area contributed by atoms with E-state index in [0.717, 1.165) is 38.4 Å². The third-order valence-corrected chi connectivity index (χ3v) is 5.39. The summed E-state index contributed by atoms with van der Waals surface area (Å²) in [6.45, 7) is 5.35. The maximum atomic E-state index is 12.3. The molecule has 1 amide bonds. The molecule has 1 saturated heterocycles. The van der Waals surface area contributed by atoms with Gasteiger partial charge in [-0.25, -0.2) is 0 Å². The van der Waals surface area contributed by atoms with Crippen LogP contribution < -0.4 is 4.90 Å². The van der Waals surface area contributed by atoms with Gasteiger partial charge in [0.05, 0.1) is 17.9 Å². The van der Waals surface area contributed by atoms with E-state index in [2.05, 4.69) is 32.0 Å². The first-order valence-electron chi connectivity index (χ1n) is 7.07. The van der Waals surface area contributed by atoms with Crippen LogP contribution in [0.2, 0.25) is 0 Å². The van der Waals surface area contributed by atoms with Crippen LogP contribution in [0.15, 0.2) is 17.6 Å². The van der Waals surface area contributed by atoms with E-state index < -0.39 is 0 Å². The Hall–Kier alpha value is -1.47. The van der Waals surface area contributed by atoms with Gasteiger partial charge in [-0.15, -0.1) is 11.3 Å². The first kappa shape index (κ1) is 14.5. The number of aromatic nitrogens is 2. The van der Waals surface area contributed by atoms with E-state index >= 15 is 0 Å². The molecular weight excluding hydrogens is 304 g/mol. The predicted molar refractivity (Wildman–Crippen MR) is 86.1 cm³/mol. The fourth-order valence-corrected chi connectivity index (χ4v) is 3.87. The molecule has 0 unspecified atom stereocenters. The quantitative estimate of drug-likeness (QED) is 0.866. The Morgan fingerprint density at radius 3 is 2.76 bits per heavy atom. The average Bonchev–Trinajstić information content (AvgIpc) is 3.17. The molecule has 0 bridgehead atoms. The minimum absolute atomic E-state index is 0.263. The molecule has 7 heteroatoms. The van der Waals surface area contributed by atoms with E-state index in [1.54, 1.807) is 17.5 Å². The Morgan fingerprint density at radius 1 is 1.33 bits per heavy atom. The number of thiophene rings is 1. The monoisotopic (exact) mass is 322 g/mol. The van der Waals surface area contributed by atoms with Gasteiger partial charge in [0, 0.05) is 37.5 Å². The summed E-state index contributed by atoms with van der Waals surface area (Å²) in [4.78, 5) is 17.8. The zero-order valence-corrected chi connectivity index (χ0v) is 13.6. The van der Waals surface area contributed by atoms with Crippen LogP contribution in [-0.4, -0.2) is 45.7 Å². The summed E-state index contributed by atoms with van der Waals surface area (Å²) in [6.07, 6.45) is 3.26. The largest absolute Gasteiger partial charge is 0.351 e. The Balaban J connectivity index is 1.48. The summed E-state index contributed by atoms with van der Waals surface area (Å²) in [5, 5.41) is 2.09. The average molecular weight is 322 g/mol. The highest BCUT2D eigenvalue weighted by Crippen LogP contribution is 2.19. The van der Waals surface area contributed by atoms with Crippen molar-refractivity contribution in [3.8, 4) is 0 Å². The van der Waals surface area contributed by atoms with Gasteiger partial charge in [0.15, 0.2) is 5.82 Å². The van der Waals surface area contributed by atoms with Crippen molar-refractivity contribution in [2.45, 2.75) is 19.8 Å². The van der Waals surface area contributed by atoms with Crippen LogP contribution in [0.4, 0.5) is 5.82 Å². The highest BCUT2D eigenvalue weighted by Gasteiger charge is 2.22. The lowest BCUT2D eigenvalue weighted by Crippen LogP contribution is -2.49. The summed E-state index contributed by atoms with van der Waals surface area (Å²) in [5.74, 6) is 1.19. The van der Waals surface area contributed by atoms with Gasteiger partial charge in [-0.1, -0.05) is 0 Å². The molecule has 2 aromatic rings. The van der Waals surface area contributed by atoms with Gasteiger partial charge in [-0.2, -0.15) is 8.75 Å². The number of carbonyl (C=O) groups excluding carboxylic acids is 1. The minimum Gasteiger partial charge on any atom is -0.351 e. The van der Waals surface area contributed by atoms with Crippen LogP contribution in [0.1, 0.15) is 16.9 Å². The van der Waals surface area contributed by atoms with Crippen molar-refractivity contribution in [1.29, 1.82) is 0 Å². The molecule has 0 aromatic carbocycles. The van der Waals surface area contributed by atoms with Crippen molar-refractivity contribution < 1.29 is 4.79 Å². The third-order valence-electron chi connectivity index (χ3n) is 3.84. The number of carbonyl (C=O) groups is 1. The van der Waals surface area contributed by atoms with Crippen molar-refractivity contribution in [2.24, 2.45) is 0 Å². The van der Waals surface area contributed by atoms with Crippen molar-refractivity contribution in [3.63, 3.8) is 0 Å². The van der Waals surface area contributed by atoms with Crippen LogP contribution in [0.5, 0.6) is 0 Å². The second-order valence-electron chi connectivity index (χ2n) is 5.16. The van der Waals surface area contributed by atoms with Crippen LogP contribution in [0.25, 0.3) is 0 Å². The van der Waals surface area contributed by atoms with Gasteiger partial charge in [0.25, 0.3) is 0 Å². The molecule has 0 radical (unpaired) electrons. The van der Waals surface area contributed by atoms with Gasteiger partial charge < -0.3 is 9.80 Å². The molecule has 5 nitrogen and oxygen atoms in total. The number of hydrogen-bond acceptors (Lipinski definition) is 6. The van der Waals surface area contributed by atoms with Gasteiger partial charge in [0.1, 0.15) is 0 Å². The molecule has 0 N–H and O–H groups in total. The van der Waals surface area contributed by atoms with E-state index in [9.17, 15) is 4.79 Å². The van der Waals surface area contributed by atoms with Crippen LogP contribution in [0.3, 0.4) is 0 Å². The molecule has 21 heavy (non-hydrogen) atoms. The lowest BCUT2D eigenvalue weighted by Gasteiger charge is -2.34. The zero-order valence-electron chi connectivity index (χ0n) is 12.0. The van der Waals surface area contributed by atoms with E-state index in [1.165, 1.54) is 22.2 Å². The summed E-state index contributed by atoms with van der Waals surface area (Å²) in [5.41, 5.74) is 1.30. The molecule has 112 valence electrons. The molecule has 0 saturated carbocycles. The maximum Gasteiger partial charge on any atom is 0.223 e. The second-order valence-corrected chi connectivity index (χ2v) is 6.72. The third kappa shape index (κ3) is 3.41. The number of anilines is 1. The zero-order chi connectivity index (χ0) is 14.7. The Bertz CT molecular complexity index is 588. The van der Waals surface area contributed by atoms with E-state index in [0.29, 0.717) is 6.42 Å². The van der Waals surface area contributed by atoms with E-state index in [-0.39, 0.29) is 5.91 Å². The molecule has 1 aliphatic heterocycles. The molecule has 1 fully saturated rings. The number of piperazine rings is 1. The minimum atomic E-state index is 0.263. The normalized spacial score (nSPS) is 15.5. The van der Waals surface area contributed by atoms with Crippen molar-refractivity contribution in [3.05, 3.63) is 28.1 Å². The van der Waals surface area contributed by atoms with Gasteiger partial charge in [-0.05, 0) is 30.4 Å². The highest BCUT2D eigenvalue weighted by atomic mass is 32.1. The predicted octanol–water partition coefficient (Wildman–Crippen LogP) is 2.19. The first-order valence-corrected chi connectivity index (χ1v) is 8.68. The number of nitrogens with zero attached hydrogens (tertiary/aromatic N) is 4. The topological polar surface area (TPSA) is 49.3 Å². The van der Waals surface area contributed by atoms with E-state index in [4.69, 9.17) is 0 Å². The lowest BCUT2D eigenvalue weighted by molar-refractivity contribution is -0.131. The molecule has 0 atom stereocenters. The van der Waals surface area contributed by atoms with Crippen LogP contribution >= 0.6 is 23.1 Å². The number of rotatable bonds is 4. The Morgan fingerprint density at radius 2 is 2.14 bits per heavy atom. The molecule has 0 spiro atoms. The molecular formula is C14H18N4OS2. The number of amides is 1. The van der Waals surface area contributed by atoms with Gasteiger partial charge >= 0.3 is 0 Å². The summed E-state index contributed by atoms with van der Waals surface area (Å²) < 4.78 is 8.27. The van der Waals surface area contributed by atoms with Crippen LogP contribution in [-0.2, 0) is 11.2 Å². The maximum absolute atomic E-state index is 12.3. The fourth-order valence-electron chi connectivity index (χ4n) is 2.52. The van der Waals surface area contributed by atoms with Crippen LogP contribution in [0, 0.1) is 6.92 Å². The Labute approximate surface area is 132 Å². The second kappa shape index (κ2) is 6.53. The molecule has 2 aromatic heterocycles. The molecule has 0 aliphatic carbocycles. The van der Waals surface area contributed by atoms with E-state index in [1.807, 2.05) is 4.90 Å². The van der Waals surface area contributed by atoms with Crippen molar-refractivity contribution in [1.82, 2.24) is 13.6 Å². The molecule has 1 aliphatic rings. The first-order chi connectivity index (χ1) is 10.2. The Kier molecular flexibility index (Phi) is 4.50. The lowest BCUT2D eigenvalue weighted by atomic mass is 10.2. The standard InChI is InChI=1S/C14H18N4OS2/c1-11-4-9-20-12(11)2-3-14(19)18-7-5-17(6-8-18)13-10-15-21-16-13/h4,9-10H,2-3,5-8H2,1H3. The molecule has 3 heterocycles. The van der Waals surface area contributed by atoms with Gasteiger partial charge in [0.2, 0.25) is 5.91 Å². The number of aryl methyl sites for hydroxylation is 2. The smallest absolute Gasteiger partial charge is 0.223 e. The van der Waals surface area contributed by atoms with Crippen molar-refractivity contribution in [2.75, 3.05) is 31.1 Å². The van der Waals surface area contributed by atoms with Crippen molar-refractivity contribution >= 4 is 34.8 Å². The molecule has 3 rings (SSSR count).